The Morgan fingerprint density at radius 2 is 1.84 bits per heavy atom. The predicted octanol–water partition coefficient (Wildman–Crippen LogP) is 4.08. The molecule has 1 aromatic heterocycles. The Bertz CT molecular complexity index is 1060. The van der Waals surface area contributed by atoms with Crippen molar-refractivity contribution >= 4 is 17.5 Å². The van der Waals surface area contributed by atoms with Gasteiger partial charge in [-0.25, -0.2) is 4.98 Å². The molecule has 7 nitrogen and oxygen atoms in total. The number of anilines is 1. The molecule has 1 fully saturated rings. The normalized spacial score (nSPS) is 12.9. The van der Waals surface area contributed by atoms with E-state index in [0.717, 1.165) is 18.6 Å². The number of aryl methyl sites for hydroxylation is 1. The van der Waals surface area contributed by atoms with Gasteiger partial charge in [0.2, 0.25) is 17.7 Å². The van der Waals surface area contributed by atoms with E-state index in [1.54, 1.807) is 6.07 Å². The maximum Gasteiger partial charge on any atom is 0.228 e. The number of nitrogens with zero attached hydrogens (tertiary/aromatic N) is 1. The van der Waals surface area contributed by atoms with Gasteiger partial charge >= 0.3 is 0 Å². The third kappa shape index (κ3) is 5.51. The molecule has 160 valence electrons. The van der Waals surface area contributed by atoms with E-state index in [1.165, 1.54) is 0 Å². The number of nitrogens with one attached hydrogen (secondary N) is 2. The van der Waals surface area contributed by atoms with Gasteiger partial charge in [0.05, 0.1) is 30.8 Å². The zero-order valence-electron chi connectivity index (χ0n) is 17.4. The SMILES string of the molecule is Cc1oc(-c2ccccc2NC(=O)CCOc2ccccc2)nc1CNC(=O)C1CC1. The van der Waals surface area contributed by atoms with Crippen molar-refractivity contribution in [2.24, 2.45) is 5.92 Å². The van der Waals surface area contributed by atoms with E-state index in [1.807, 2.05) is 55.5 Å². The Labute approximate surface area is 180 Å². The van der Waals surface area contributed by atoms with Crippen LogP contribution in [0.5, 0.6) is 5.75 Å². The highest BCUT2D eigenvalue weighted by atomic mass is 16.5. The van der Waals surface area contributed by atoms with Gasteiger partial charge in [-0.2, -0.15) is 0 Å². The van der Waals surface area contributed by atoms with Crippen molar-refractivity contribution < 1.29 is 18.7 Å². The Hall–Kier alpha value is -3.61. The highest BCUT2D eigenvalue weighted by Gasteiger charge is 2.29. The number of carbonyl (C=O) groups excluding carboxylic acids is 2. The Kier molecular flexibility index (Phi) is 6.31. The van der Waals surface area contributed by atoms with Crippen LogP contribution in [-0.2, 0) is 16.1 Å². The molecule has 2 aromatic carbocycles. The summed E-state index contributed by atoms with van der Waals surface area (Å²) in [7, 11) is 0. The van der Waals surface area contributed by atoms with E-state index in [2.05, 4.69) is 15.6 Å². The molecule has 0 atom stereocenters. The lowest BCUT2D eigenvalue weighted by Crippen LogP contribution is -2.24. The fraction of sp³-hybridized carbons (Fsp3) is 0.292. The summed E-state index contributed by atoms with van der Waals surface area (Å²) in [6, 6.07) is 16.7. The van der Waals surface area contributed by atoms with Gasteiger partial charge in [-0.15, -0.1) is 0 Å². The molecule has 0 radical (unpaired) electrons. The lowest BCUT2D eigenvalue weighted by atomic mass is 10.1. The third-order valence-corrected chi connectivity index (χ3v) is 5.04. The second kappa shape index (κ2) is 9.47. The zero-order valence-corrected chi connectivity index (χ0v) is 17.4. The van der Waals surface area contributed by atoms with E-state index in [9.17, 15) is 9.59 Å². The molecule has 0 unspecified atom stereocenters. The highest BCUT2D eigenvalue weighted by Crippen LogP contribution is 2.30. The summed E-state index contributed by atoms with van der Waals surface area (Å²) in [5, 5.41) is 5.81. The monoisotopic (exact) mass is 419 g/mol. The molecule has 3 aromatic rings. The second-order valence-corrected chi connectivity index (χ2v) is 7.52. The number of hydrogen-bond acceptors (Lipinski definition) is 5. The molecule has 0 bridgehead atoms. The zero-order chi connectivity index (χ0) is 21.6. The maximum absolute atomic E-state index is 12.4. The van der Waals surface area contributed by atoms with Gasteiger partial charge in [-0.1, -0.05) is 30.3 Å². The molecule has 2 amide bonds. The van der Waals surface area contributed by atoms with E-state index in [0.29, 0.717) is 35.1 Å². The topological polar surface area (TPSA) is 93.5 Å². The van der Waals surface area contributed by atoms with Crippen molar-refractivity contribution in [3.8, 4) is 17.2 Å². The van der Waals surface area contributed by atoms with Crippen LogP contribution in [0.3, 0.4) is 0 Å². The fourth-order valence-corrected chi connectivity index (χ4v) is 3.14. The first-order valence-electron chi connectivity index (χ1n) is 10.4. The van der Waals surface area contributed by atoms with Crippen LogP contribution in [0.25, 0.3) is 11.5 Å². The fourth-order valence-electron chi connectivity index (χ4n) is 3.14. The van der Waals surface area contributed by atoms with Gasteiger partial charge in [-0.05, 0) is 44.0 Å². The van der Waals surface area contributed by atoms with Crippen molar-refractivity contribution in [1.82, 2.24) is 10.3 Å². The minimum atomic E-state index is -0.163. The average molecular weight is 419 g/mol. The summed E-state index contributed by atoms with van der Waals surface area (Å²) in [5.41, 5.74) is 1.98. The molecule has 1 heterocycles. The van der Waals surface area contributed by atoms with Crippen LogP contribution in [0.2, 0.25) is 0 Å². The molecule has 0 aliphatic heterocycles. The summed E-state index contributed by atoms with van der Waals surface area (Å²) in [5.74, 6) is 1.83. The molecule has 1 saturated carbocycles. The molecule has 0 saturated heterocycles. The van der Waals surface area contributed by atoms with Gasteiger partial charge in [0.1, 0.15) is 17.2 Å². The third-order valence-electron chi connectivity index (χ3n) is 5.04. The molecular weight excluding hydrogens is 394 g/mol. The Morgan fingerprint density at radius 1 is 1.10 bits per heavy atom. The van der Waals surface area contributed by atoms with Crippen molar-refractivity contribution in [2.75, 3.05) is 11.9 Å². The minimum Gasteiger partial charge on any atom is -0.493 e. The predicted molar refractivity (Wildman–Crippen MR) is 116 cm³/mol. The Morgan fingerprint density at radius 3 is 2.61 bits per heavy atom. The molecular formula is C24H25N3O4. The van der Waals surface area contributed by atoms with Crippen LogP contribution >= 0.6 is 0 Å². The smallest absolute Gasteiger partial charge is 0.228 e. The first-order valence-corrected chi connectivity index (χ1v) is 10.4. The summed E-state index contributed by atoms with van der Waals surface area (Å²) in [4.78, 5) is 28.9. The average Bonchev–Trinajstić information content (AvgIpc) is 3.56. The largest absolute Gasteiger partial charge is 0.493 e. The van der Waals surface area contributed by atoms with Crippen molar-refractivity contribution in [1.29, 1.82) is 0 Å². The van der Waals surface area contributed by atoms with E-state index in [4.69, 9.17) is 9.15 Å². The molecule has 4 rings (SSSR count). The standard InChI is InChI=1S/C24H25N3O4/c1-16-21(15-25-23(29)17-11-12-17)27-24(31-16)19-9-5-6-10-20(19)26-22(28)13-14-30-18-7-3-2-4-8-18/h2-10,17H,11-15H2,1H3,(H,25,29)(H,26,28). The minimum absolute atomic E-state index is 0.0642. The quantitative estimate of drug-likeness (QED) is 0.545. The number of aromatic nitrogens is 1. The van der Waals surface area contributed by atoms with Crippen LogP contribution in [0.1, 0.15) is 30.7 Å². The summed E-state index contributed by atoms with van der Waals surface area (Å²) in [6.45, 7) is 2.42. The summed E-state index contributed by atoms with van der Waals surface area (Å²) < 4.78 is 11.4. The maximum atomic E-state index is 12.4. The number of hydrogen-bond donors (Lipinski definition) is 2. The van der Waals surface area contributed by atoms with E-state index < -0.39 is 0 Å². The van der Waals surface area contributed by atoms with Gasteiger partial charge < -0.3 is 19.8 Å². The molecule has 1 aliphatic rings. The molecule has 31 heavy (non-hydrogen) atoms. The number of ether oxygens (including phenoxy) is 1. The van der Waals surface area contributed by atoms with Gasteiger partial charge in [0.15, 0.2) is 0 Å². The molecule has 2 N–H and O–H groups in total. The lowest BCUT2D eigenvalue weighted by Gasteiger charge is -2.09. The second-order valence-electron chi connectivity index (χ2n) is 7.52. The molecule has 7 heteroatoms. The number of rotatable bonds is 9. The van der Waals surface area contributed by atoms with Crippen molar-refractivity contribution in [3.63, 3.8) is 0 Å². The van der Waals surface area contributed by atoms with Crippen LogP contribution in [0.4, 0.5) is 5.69 Å². The number of amides is 2. The van der Waals surface area contributed by atoms with Crippen LogP contribution in [-0.4, -0.2) is 23.4 Å². The highest BCUT2D eigenvalue weighted by molar-refractivity contribution is 5.94. The number of para-hydroxylation sites is 2. The molecule has 1 aliphatic carbocycles. The van der Waals surface area contributed by atoms with Crippen LogP contribution < -0.4 is 15.4 Å². The van der Waals surface area contributed by atoms with Crippen LogP contribution in [0.15, 0.2) is 59.0 Å². The summed E-state index contributed by atoms with van der Waals surface area (Å²) >= 11 is 0. The number of benzene rings is 2. The number of oxazole rings is 1. The summed E-state index contributed by atoms with van der Waals surface area (Å²) in [6.07, 6.45) is 2.13. The van der Waals surface area contributed by atoms with Gasteiger partial charge in [0.25, 0.3) is 0 Å². The van der Waals surface area contributed by atoms with Crippen LogP contribution in [0, 0.1) is 12.8 Å². The first-order chi connectivity index (χ1) is 15.1. The van der Waals surface area contributed by atoms with Crippen molar-refractivity contribution in [3.05, 3.63) is 66.1 Å². The molecule has 0 spiro atoms. The lowest BCUT2D eigenvalue weighted by molar-refractivity contribution is -0.122. The van der Waals surface area contributed by atoms with Gasteiger partial charge in [0, 0.05) is 5.92 Å². The van der Waals surface area contributed by atoms with E-state index in [-0.39, 0.29) is 30.8 Å². The van der Waals surface area contributed by atoms with Crippen molar-refractivity contribution in [2.45, 2.75) is 32.7 Å². The Balaban J connectivity index is 1.38. The van der Waals surface area contributed by atoms with E-state index >= 15 is 0 Å². The first kappa shape index (κ1) is 20.7. The van der Waals surface area contributed by atoms with Gasteiger partial charge in [-0.3, -0.25) is 9.59 Å². The number of carbonyl (C=O) groups is 2.